The number of benzene rings is 2. The summed E-state index contributed by atoms with van der Waals surface area (Å²) in [6, 6.07) is 21.7. The molecule has 3 aromatic heterocycles. The number of anilines is 4. The summed E-state index contributed by atoms with van der Waals surface area (Å²) in [7, 11) is 0. The predicted molar refractivity (Wildman–Crippen MR) is 112 cm³/mol. The number of nitrogen functional groups attached to an aromatic ring is 1. The van der Waals surface area contributed by atoms with E-state index in [9.17, 15) is 0 Å². The van der Waals surface area contributed by atoms with E-state index in [1.54, 1.807) is 18.5 Å². The first-order valence-electron chi connectivity index (χ1n) is 8.86. The van der Waals surface area contributed by atoms with Crippen LogP contribution < -0.4 is 10.6 Å². The van der Waals surface area contributed by atoms with E-state index in [1.807, 2.05) is 59.6 Å². The van der Waals surface area contributed by atoms with Crippen LogP contribution >= 0.6 is 0 Å². The van der Waals surface area contributed by atoms with Crippen molar-refractivity contribution in [1.82, 2.24) is 19.9 Å². The molecule has 0 aliphatic rings. The maximum atomic E-state index is 5.93. The summed E-state index contributed by atoms with van der Waals surface area (Å²) >= 11 is 0. The summed E-state index contributed by atoms with van der Waals surface area (Å²) < 4.78 is 0. The van der Waals surface area contributed by atoms with Gasteiger partial charge in [0.25, 0.3) is 0 Å². The highest BCUT2D eigenvalue weighted by molar-refractivity contribution is 5.88. The number of nitrogens with zero attached hydrogens (tertiary/aromatic N) is 5. The zero-order valence-electron chi connectivity index (χ0n) is 14.9. The molecule has 0 bridgehead atoms. The Balaban J connectivity index is 1.73. The molecule has 6 heteroatoms. The van der Waals surface area contributed by atoms with Crippen molar-refractivity contribution in [2.24, 2.45) is 0 Å². The molecular formula is C22H16N6. The number of rotatable bonds is 3. The van der Waals surface area contributed by atoms with Crippen LogP contribution in [0.2, 0.25) is 0 Å². The van der Waals surface area contributed by atoms with Crippen LogP contribution in [0.4, 0.5) is 23.1 Å². The molecule has 2 aromatic carbocycles. The second-order valence-electron chi connectivity index (χ2n) is 6.38. The van der Waals surface area contributed by atoms with Crippen LogP contribution in [0.3, 0.4) is 0 Å². The van der Waals surface area contributed by atoms with Gasteiger partial charge in [0.15, 0.2) is 0 Å². The van der Waals surface area contributed by atoms with Crippen LogP contribution in [-0.4, -0.2) is 19.9 Å². The number of hydrogen-bond acceptors (Lipinski definition) is 6. The van der Waals surface area contributed by atoms with Gasteiger partial charge in [0.05, 0.1) is 22.9 Å². The summed E-state index contributed by atoms with van der Waals surface area (Å²) in [4.78, 5) is 19.8. The Labute approximate surface area is 161 Å². The highest BCUT2D eigenvalue weighted by Crippen LogP contribution is 2.34. The maximum absolute atomic E-state index is 5.93. The van der Waals surface area contributed by atoms with Crippen LogP contribution in [0.1, 0.15) is 0 Å². The number of aromatic nitrogens is 4. The van der Waals surface area contributed by atoms with Gasteiger partial charge in [-0.1, -0.05) is 24.3 Å². The lowest BCUT2D eigenvalue weighted by Crippen LogP contribution is -2.14. The van der Waals surface area contributed by atoms with Crippen LogP contribution in [0.5, 0.6) is 0 Å². The van der Waals surface area contributed by atoms with Crippen molar-refractivity contribution in [3.63, 3.8) is 0 Å². The van der Waals surface area contributed by atoms with Crippen molar-refractivity contribution in [3.8, 4) is 0 Å². The van der Waals surface area contributed by atoms with E-state index in [1.165, 1.54) is 0 Å². The molecule has 0 spiro atoms. The largest absolute Gasteiger partial charge is 0.384 e. The Morgan fingerprint density at radius 3 is 2.36 bits per heavy atom. The van der Waals surface area contributed by atoms with Crippen molar-refractivity contribution >= 4 is 44.9 Å². The van der Waals surface area contributed by atoms with Gasteiger partial charge in [0.1, 0.15) is 5.82 Å². The monoisotopic (exact) mass is 364 g/mol. The van der Waals surface area contributed by atoms with Crippen molar-refractivity contribution < 1.29 is 0 Å². The molecule has 0 aliphatic heterocycles. The lowest BCUT2D eigenvalue weighted by atomic mass is 10.1. The van der Waals surface area contributed by atoms with Gasteiger partial charge in [-0.3, -0.25) is 14.9 Å². The first kappa shape index (κ1) is 16.1. The highest BCUT2D eigenvalue weighted by Gasteiger charge is 2.17. The average Bonchev–Trinajstić information content (AvgIpc) is 2.74. The fourth-order valence-electron chi connectivity index (χ4n) is 3.23. The van der Waals surface area contributed by atoms with Gasteiger partial charge in [-0.25, -0.2) is 4.98 Å². The van der Waals surface area contributed by atoms with Crippen LogP contribution in [0.25, 0.3) is 21.8 Å². The Hall–Kier alpha value is -4.06. The van der Waals surface area contributed by atoms with Gasteiger partial charge in [0.2, 0.25) is 5.95 Å². The van der Waals surface area contributed by atoms with Gasteiger partial charge in [-0.15, -0.1) is 0 Å². The molecule has 0 saturated heterocycles. The molecule has 5 rings (SSSR count). The highest BCUT2D eigenvalue weighted by atomic mass is 15.3. The summed E-state index contributed by atoms with van der Waals surface area (Å²) in [5.74, 6) is 0.895. The van der Waals surface area contributed by atoms with Crippen LogP contribution in [0.15, 0.2) is 85.3 Å². The Morgan fingerprint density at radius 2 is 1.46 bits per heavy atom. The minimum atomic E-state index is 0.409. The predicted octanol–water partition coefficient (Wildman–Crippen LogP) is 4.63. The van der Waals surface area contributed by atoms with Crippen molar-refractivity contribution in [2.45, 2.75) is 0 Å². The van der Waals surface area contributed by atoms with Gasteiger partial charge in [0, 0.05) is 28.9 Å². The minimum absolute atomic E-state index is 0.409. The first-order valence-corrected chi connectivity index (χ1v) is 8.86. The topological polar surface area (TPSA) is 80.8 Å². The third kappa shape index (κ3) is 2.87. The Bertz CT molecular complexity index is 1220. The van der Waals surface area contributed by atoms with Crippen molar-refractivity contribution in [3.05, 3.63) is 85.3 Å². The summed E-state index contributed by atoms with van der Waals surface area (Å²) in [6.07, 6.45) is 5.26. The third-order valence-corrected chi connectivity index (χ3v) is 4.54. The van der Waals surface area contributed by atoms with Gasteiger partial charge in [-0.05, 0) is 42.5 Å². The molecule has 0 amide bonds. The van der Waals surface area contributed by atoms with Gasteiger partial charge in [-0.2, -0.15) is 4.98 Å². The van der Waals surface area contributed by atoms with E-state index in [2.05, 4.69) is 32.1 Å². The van der Waals surface area contributed by atoms with E-state index in [0.717, 1.165) is 33.2 Å². The SMILES string of the molecule is Nc1ccnc(N(c2ccc3ncccc3c2)c2cnc3ccccc3c2)n1. The maximum Gasteiger partial charge on any atom is 0.236 e. The second kappa shape index (κ2) is 6.59. The fourth-order valence-corrected chi connectivity index (χ4v) is 3.23. The van der Waals surface area contributed by atoms with Crippen LogP contribution in [0, 0.1) is 0 Å². The molecule has 0 unspecified atom stereocenters. The van der Waals surface area contributed by atoms with E-state index >= 15 is 0 Å². The molecule has 0 aliphatic carbocycles. The zero-order valence-corrected chi connectivity index (χ0v) is 14.9. The minimum Gasteiger partial charge on any atom is -0.384 e. The van der Waals surface area contributed by atoms with E-state index in [4.69, 9.17) is 5.73 Å². The van der Waals surface area contributed by atoms with Crippen molar-refractivity contribution in [2.75, 3.05) is 10.6 Å². The molecule has 28 heavy (non-hydrogen) atoms. The smallest absolute Gasteiger partial charge is 0.236 e. The number of nitrogens with two attached hydrogens (primary N) is 1. The molecule has 134 valence electrons. The number of hydrogen-bond donors (Lipinski definition) is 1. The summed E-state index contributed by atoms with van der Waals surface area (Å²) in [6.45, 7) is 0. The zero-order chi connectivity index (χ0) is 18.9. The fraction of sp³-hybridized carbons (Fsp3) is 0. The molecule has 3 heterocycles. The second-order valence-corrected chi connectivity index (χ2v) is 6.38. The molecular weight excluding hydrogens is 348 g/mol. The molecule has 0 atom stereocenters. The number of fused-ring (bicyclic) bond motifs is 2. The molecule has 2 N–H and O–H groups in total. The number of pyridine rings is 2. The molecule has 0 radical (unpaired) electrons. The van der Waals surface area contributed by atoms with E-state index < -0.39 is 0 Å². The van der Waals surface area contributed by atoms with E-state index in [0.29, 0.717) is 11.8 Å². The van der Waals surface area contributed by atoms with E-state index in [-0.39, 0.29) is 0 Å². The lowest BCUT2D eigenvalue weighted by molar-refractivity contribution is 1.08. The van der Waals surface area contributed by atoms with Crippen LogP contribution in [-0.2, 0) is 0 Å². The quantitative estimate of drug-likeness (QED) is 0.503. The Kier molecular flexibility index (Phi) is 3.80. The van der Waals surface area contributed by atoms with Gasteiger partial charge < -0.3 is 5.73 Å². The Morgan fingerprint density at radius 1 is 0.679 bits per heavy atom. The van der Waals surface area contributed by atoms with Crippen molar-refractivity contribution in [1.29, 1.82) is 0 Å². The number of para-hydroxylation sites is 1. The molecule has 6 nitrogen and oxygen atoms in total. The summed E-state index contributed by atoms with van der Waals surface area (Å²) in [5, 5.41) is 2.07. The normalized spacial score (nSPS) is 11.0. The van der Waals surface area contributed by atoms with Gasteiger partial charge >= 0.3 is 0 Å². The standard InChI is InChI=1S/C22H16N6/c23-21-9-11-25-22(27-21)28(17-7-8-20-16(12-17)5-3-10-24-20)18-13-15-4-1-2-6-19(15)26-14-18/h1-14H,(H2,23,25,27). The average molecular weight is 364 g/mol. The summed E-state index contributed by atoms with van der Waals surface area (Å²) in [5.41, 5.74) is 9.55. The molecule has 5 aromatic rings. The lowest BCUT2D eigenvalue weighted by Gasteiger charge is -2.23. The molecule has 0 saturated carbocycles. The first-order chi connectivity index (χ1) is 13.8. The third-order valence-electron chi connectivity index (χ3n) is 4.54. The molecule has 0 fully saturated rings.